The van der Waals surface area contributed by atoms with E-state index in [4.69, 9.17) is 34.3 Å². The van der Waals surface area contributed by atoms with Crippen LogP contribution in [0.15, 0.2) is 48.8 Å². The molecule has 39 heavy (non-hydrogen) atoms. The molecule has 0 saturated heterocycles. The number of carbonyl (C=O) groups excluding carboxylic acids is 3. The summed E-state index contributed by atoms with van der Waals surface area (Å²) >= 11 is 11.8. The third-order valence-electron chi connectivity index (χ3n) is 5.87. The largest absolute Gasteiger partial charge is 0.388 e. The second-order valence-electron chi connectivity index (χ2n) is 8.80. The second-order valence-corrected chi connectivity index (χ2v) is 9.56. The second kappa shape index (κ2) is 13.7. The molecule has 0 fully saturated rings. The molecule has 1 aromatic carbocycles. The lowest BCUT2D eigenvalue weighted by atomic mass is 10.1. The third-order valence-corrected chi connectivity index (χ3v) is 6.21. The van der Waals surface area contributed by atoms with Gasteiger partial charge < -0.3 is 35.7 Å². The molecule has 3 aromatic rings. The average molecular weight is 576 g/mol. The number of nitrogens with one attached hydrogen (secondary N) is 4. The summed E-state index contributed by atoms with van der Waals surface area (Å²) < 4.78 is 3.19. The zero-order valence-corrected chi connectivity index (χ0v) is 23.3. The highest BCUT2D eigenvalue weighted by Crippen LogP contribution is 2.20. The highest BCUT2D eigenvalue weighted by atomic mass is 35.5. The van der Waals surface area contributed by atoms with Crippen LogP contribution in [0.2, 0.25) is 0 Å². The SMILES string of the molecule is Cn1cc(NC(=O)c2cc(NC(=O)c3ccc(N(CCCl)CCCl)cc3)cn2C)cc1C(=O)NCCC(=N)N. The Balaban J connectivity index is 1.63. The molecule has 0 radical (unpaired) electrons. The maximum absolute atomic E-state index is 12.9. The van der Waals surface area contributed by atoms with Crippen LogP contribution in [0.25, 0.3) is 0 Å². The van der Waals surface area contributed by atoms with Gasteiger partial charge >= 0.3 is 0 Å². The van der Waals surface area contributed by atoms with E-state index in [-0.39, 0.29) is 30.6 Å². The average Bonchev–Trinajstić information content (AvgIpc) is 3.44. The first-order chi connectivity index (χ1) is 18.6. The number of alkyl halides is 2. The molecule has 2 heterocycles. The van der Waals surface area contributed by atoms with Crippen molar-refractivity contribution in [2.75, 3.05) is 46.9 Å². The Labute approximate surface area is 236 Å². The normalized spacial score (nSPS) is 10.7. The first kappa shape index (κ1) is 29.6. The van der Waals surface area contributed by atoms with Crippen LogP contribution >= 0.6 is 23.2 Å². The molecule has 2 aromatic heterocycles. The smallest absolute Gasteiger partial charge is 0.272 e. The highest BCUT2D eigenvalue weighted by Gasteiger charge is 2.17. The summed E-state index contributed by atoms with van der Waals surface area (Å²) in [5.74, 6) is -0.155. The molecular formula is C26H32Cl2N8O3. The predicted octanol–water partition coefficient (Wildman–Crippen LogP) is 3.21. The molecule has 0 spiro atoms. The molecule has 0 atom stereocenters. The number of aromatic nitrogens is 2. The topological polar surface area (TPSA) is 150 Å². The molecule has 0 bridgehead atoms. The number of benzene rings is 1. The monoisotopic (exact) mass is 574 g/mol. The van der Waals surface area contributed by atoms with E-state index in [1.807, 2.05) is 17.0 Å². The lowest BCUT2D eigenvalue weighted by Crippen LogP contribution is -2.28. The number of anilines is 3. The summed E-state index contributed by atoms with van der Waals surface area (Å²) in [7, 11) is 3.38. The van der Waals surface area contributed by atoms with Crippen LogP contribution in [0.5, 0.6) is 0 Å². The van der Waals surface area contributed by atoms with E-state index in [1.54, 1.807) is 59.9 Å². The van der Waals surface area contributed by atoms with Gasteiger partial charge in [-0.2, -0.15) is 0 Å². The van der Waals surface area contributed by atoms with E-state index in [9.17, 15) is 14.4 Å². The van der Waals surface area contributed by atoms with E-state index in [2.05, 4.69) is 16.0 Å². The molecule has 0 aliphatic rings. The van der Waals surface area contributed by atoms with E-state index in [1.165, 1.54) is 0 Å². The maximum atomic E-state index is 12.9. The molecule has 0 aliphatic heterocycles. The summed E-state index contributed by atoms with van der Waals surface area (Å²) in [5.41, 5.74) is 8.24. The Hall–Kier alpha value is -3.96. The number of hydrogen-bond donors (Lipinski definition) is 5. The van der Waals surface area contributed by atoms with Crippen molar-refractivity contribution in [1.29, 1.82) is 5.41 Å². The molecule has 3 amide bonds. The zero-order valence-electron chi connectivity index (χ0n) is 21.8. The number of halogens is 2. The van der Waals surface area contributed by atoms with Crippen LogP contribution in [0.3, 0.4) is 0 Å². The summed E-state index contributed by atoms with van der Waals surface area (Å²) in [5, 5.41) is 15.5. The first-order valence-corrected chi connectivity index (χ1v) is 13.2. The van der Waals surface area contributed by atoms with Crippen LogP contribution in [0.1, 0.15) is 37.8 Å². The molecule has 208 valence electrons. The van der Waals surface area contributed by atoms with Crippen molar-refractivity contribution in [2.24, 2.45) is 19.8 Å². The van der Waals surface area contributed by atoms with Gasteiger partial charge in [-0.05, 0) is 36.4 Å². The Morgan fingerprint density at radius 2 is 1.38 bits per heavy atom. The van der Waals surface area contributed by atoms with Crippen molar-refractivity contribution < 1.29 is 14.4 Å². The minimum absolute atomic E-state index is 0.0151. The summed E-state index contributed by atoms with van der Waals surface area (Å²) in [6, 6.07) is 10.3. The quantitative estimate of drug-likeness (QED) is 0.121. The summed E-state index contributed by atoms with van der Waals surface area (Å²) in [6.07, 6.45) is 3.51. The van der Waals surface area contributed by atoms with E-state index >= 15 is 0 Å². The van der Waals surface area contributed by atoms with Gasteiger partial charge in [0.25, 0.3) is 17.7 Å². The Morgan fingerprint density at radius 1 is 0.872 bits per heavy atom. The minimum Gasteiger partial charge on any atom is -0.388 e. The number of rotatable bonds is 13. The van der Waals surface area contributed by atoms with Gasteiger partial charge in [0.15, 0.2) is 0 Å². The number of carbonyl (C=O) groups is 3. The van der Waals surface area contributed by atoms with Gasteiger partial charge in [-0.15, -0.1) is 23.2 Å². The van der Waals surface area contributed by atoms with Crippen molar-refractivity contribution in [1.82, 2.24) is 14.5 Å². The number of hydrogen-bond acceptors (Lipinski definition) is 5. The van der Waals surface area contributed by atoms with Gasteiger partial charge in [-0.3, -0.25) is 19.8 Å². The number of nitrogens with two attached hydrogens (primary N) is 1. The van der Waals surface area contributed by atoms with Crippen LogP contribution in [0.4, 0.5) is 17.1 Å². The van der Waals surface area contributed by atoms with Crippen molar-refractivity contribution >= 4 is 63.8 Å². The standard InChI is InChI=1S/C26H32Cl2N8O3/c1-34-16-19(13-21(34)25(38)31-10-7-23(29)30)33-26(39)22-14-18(15-35(22)2)32-24(37)17-3-5-20(6-4-17)36(11-8-27)12-9-28/h3-6,13-16H,7-12H2,1-2H3,(H3,29,30)(H,31,38)(H,32,37)(H,33,39). The predicted molar refractivity (Wildman–Crippen MR) is 156 cm³/mol. The minimum atomic E-state index is -0.407. The van der Waals surface area contributed by atoms with E-state index < -0.39 is 5.91 Å². The molecule has 0 aliphatic carbocycles. The number of amidine groups is 1. The van der Waals surface area contributed by atoms with Crippen LogP contribution < -0.4 is 26.6 Å². The summed E-state index contributed by atoms with van der Waals surface area (Å²) in [6.45, 7) is 1.53. The van der Waals surface area contributed by atoms with Gasteiger partial charge in [-0.1, -0.05) is 0 Å². The third kappa shape index (κ3) is 8.01. The zero-order chi connectivity index (χ0) is 28.5. The van der Waals surface area contributed by atoms with Crippen molar-refractivity contribution in [2.45, 2.75) is 6.42 Å². The maximum Gasteiger partial charge on any atom is 0.272 e. The molecule has 6 N–H and O–H groups in total. The van der Waals surface area contributed by atoms with Gasteiger partial charge in [0, 0.05) is 75.6 Å². The molecule has 0 unspecified atom stereocenters. The van der Waals surface area contributed by atoms with Crippen molar-refractivity contribution in [3.63, 3.8) is 0 Å². The number of amides is 3. The number of aryl methyl sites for hydroxylation is 2. The van der Waals surface area contributed by atoms with E-state index in [0.29, 0.717) is 53.2 Å². The van der Waals surface area contributed by atoms with Gasteiger partial charge in [0.1, 0.15) is 11.4 Å². The Bertz CT molecular complexity index is 1330. The molecule has 3 rings (SSSR count). The lowest BCUT2D eigenvalue weighted by molar-refractivity contribution is 0.0945. The van der Waals surface area contributed by atoms with Gasteiger partial charge in [0.2, 0.25) is 0 Å². The fourth-order valence-electron chi connectivity index (χ4n) is 3.91. The van der Waals surface area contributed by atoms with Crippen LogP contribution in [-0.2, 0) is 14.1 Å². The van der Waals surface area contributed by atoms with Gasteiger partial charge in [0.05, 0.1) is 17.2 Å². The van der Waals surface area contributed by atoms with Crippen LogP contribution in [-0.4, -0.2) is 64.1 Å². The molecule has 13 heteroatoms. The fourth-order valence-corrected chi connectivity index (χ4v) is 4.32. The lowest BCUT2D eigenvalue weighted by Gasteiger charge is -2.22. The summed E-state index contributed by atoms with van der Waals surface area (Å²) in [4.78, 5) is 40.2. The van der Waals surface area contributed by atoms with Gasteiger partial charge in [-0.25, -0.2) is 0 Å². The van der Waals surface area contributed by atoms with Crippen molar-refractivity contribution in [3.8, 4) is 0 Å². The Kier molecular flexibility index (Phi) is 10.4. The van der Waals surface area contributed by atoms with E-state index in [0.717, 1.165) is 5.69 Å². The van der Waals surface area contributed by atoms with Crippen LogP contribution in [0, 0.1) is 5.41 Å². The highest BCUT2D eigenvalue weighted by molar-refractivity contribution is 6.18. The first-order valence-electron chi connectivity index (χ1n) is 12.2. The Morgan fingerprint density at radius 3 is 1.90 bits per heavy atom. The van der Waals surface area contributed by atoms with Crippen molar-refractivity contribution in [3.05, 3.63) is 65.7 Å². The fraction of sp³-hybridized carbons (Fsp3) is 0.308. The molecular weight excluding hydrogens is 543 g/mol. The molecule has 11 nitrogen and oxygen atoms in total. The number of nitrogens with zero attached hydrogens (tertiary/aromatic N) is 3. The molecule has 0 saturated carbocycles.